The number of allylic oxidation sites excluding steroid dienone is 1. The van der Waals surface area contributed by atoms with Gasteiger partial charge in [-0.3, -0.25) is 4.98 Å². The Kier molecular flexibility index (Phi) is 7.59. The number of fused-ring (bicyclic) bond motifs is 2. The van der Waals surface area contributed by atoms with E-state index < -0.39 is 0 Å². The lowest BCUT2D eigenvalue weighted by molar-refractivity contribution is 0.149. The molecule has 2 aromatic rings. The van der Waals surface area contributed by atoms with Crippen LogP contribution < -0.4 is 10.6 Å². The predicted molar refractivity (Wildman–Crippen MR) is 110 cm³/mol. The van der Waals surface area contributed by atoms with Crippen LogP contribution in [0.2, 0.25) is 0 Å². The van der Waals surface area contributed by atoms with Crippen LogP contribution in [0, 0.1) is 0 Å². The van der Waals surface area contributed by atoms with Crippen LogP contribution >= 0.6 is 0 Å². The Bertz CT molecular complexity index is 720. The number of hydrogen-bond acceptors (Lipinski definition) is 6. The molecule has 3 N–H and O–H groups in total. The summed E-state index contributed by atoms with van der Waals surface area (Å²) >= 11 is 0. The fourth-order valence-electron chi connectivity index (χ4n) is 3.14. The van der Waals surface area contributed by atoms with Crippen LogP contribution in [0.15, 0.2) is 42.7 Å². The second-order valence-electron chi connectivity index (χ2n) is 6.87. The summed E-state index contributed by atoms with van der Waals surface area (Å²) in [4.78, 5) is 13.5. The van der Waals surface area contributed by atoms with Gasteiger partial charge in [-0.15, -0.1) is 0 Å². The molecule has 6 nitrogen and oxygen atoms in total. The molecule has 0 saturated carbocycles. The highest BCUT2D eigenvalue weighted by molar-refractivity contribution is 5.72. The zero-order valence-electron chi connectivity index (χ0n) is 15.8. The number of pyridine rings is 1. The quantitative estimate of drug-likeness (QED) is 0.660. The van der Waals surface area contributed by atoms with E-state index in [1.807, 2.05) is 24.4 Å². The van der Waals surface area contributed by atoms with Crippen molar-refractivity contribution < 1.29 is 5.11 Å². The standard InChI is InChI=1S/C21H29N5O/c27-17-10-4-2-1-3-7-15-24-21-25-16-18(19-12-6-9-13-22-19)20(26-21)23-14-8-5-11-17/h1,3,6,9,12-13,16-17,27H,2,4-5,7-8,10-11,14-15H2,(H2,23,24,25,26). The van der Waals surface area contributed by atoms with Crippen LogP contribution in [0.5, 0.6) is 0 Å². The van der Waals surface area contributed by atoms with Crippen LogP contribution in [0.4, 0.5) is 11.8 Å². The van der Waals surface area contributed by atoms with Gasteiger partial charge in [0.2, 0.25) is 5.95 Å². The Labute approximate surface area is 161 Å². The largest absolute Gasteiger partial charge is 0.393 e. The summed E-state index contributed by atoms with van der Waals surface area (Å²) in [6.45, 7) is 1.60. The third kappa shape index (κ3) is 6.32. The van der Waals surface area contributed by atoms with Gasteiger partial charge in [-0.1, -0.05) is 18.2 Å². The molecule has 1 unspecified atom stereocenters. The van der Waals surface area contributed by atoms with Crippen molar-refractivity contribution in [1.82, 2.24) is 15.0 Å². The number of aliphatic hydroxyl groups excluding tert-OH is 1. The molecule has 0 fully saturated rings. The monoisotopic (exact) mass is 367 g/mol. The lowest BCUT2D eigenvalue weighted by atomic mass is 10.1. The van der Waals surface area contributed by atoms with Crippen molar-refractivity contribution in [3.63, 3.8) is 0 Å². The highest BCUT2D eigenvalue weighted by Crippen LogP contribution is 2.25. The van der Waals surface area contributed by atoms with E-state index in [0.717, 1.165) is 75.1 Å². The first-order chi connectivity index (χ1) is 13.3. The molecular weight excluding hydrogens is 338 g/mol. The van der Waals surface area contributed by atoms with E-state index in [4.69, 9.17) is 0 Å². The number of aromatic nitrogens is 3. The third-order valence-electron chi connectivity index (χ3n) is 4.66. The highest BCUT2D eigenvalue weighted by Gasteiger charge is 2.10. The maximum absolute atomic E-state index is 10.1. The number of anilines is 2. The minimum absolute atomic E-state index is 0.189. The van der Waals surface area contributed by atoms with E-state index in [9.17, 15) is 5.11 Å². The SMILES string of the molecule is OC1CCCC=CCCNc2ncc(-c3ccccn3)c(n2)NCCCC1. The molecule has 0 saturated heterocycles. The van der Waals surface area contributed by atoms with Crippen LogP contribution in [-0.2, 0) is 0 Å². The molecule has 0 spiro atoms. The minimum Gasteiger partial charge on any atom is -0.393 e. The second-order valence-corrected chi connectivity index (χ2v) is 6.87. The number of rotatable bonds is 1. The molecule has 3 heterocycles. The summed E-state index contributed by atoms with van der Waals surface area (Å²) in [7, 11) is 0. The molecule has 1 aliphatic heterocycles. The van der Waals surface area contributed by atoms with Gasteiger partial charge >= 0.3 is 0 Å². The smallest absolute Gasteiger partial charge is 0.224 e. The van der Waals surface area contributed by atoms with Gasteiger partial charge in [-0.05, 0) is 57.1 Å². The van der Waals surface area contributed by atoms with Crippen LogP contribution in [-0.4, -0.2) is 39.3 Å². The van der Waals surface area contributed by atoms with Crippen molar-refractivity contribution >= 4 is 11.8 Å². The molecule has 0 amide bonds. The molecule has 0 radical (unpaired) electrons. The molecule has 2 bridgehead atoms. The van der Waals surface area contributed by atoms with Gasteiger partial charge in [0.05, 0.1) is 17.4 Å². The molecule has 27 heavy (non-hydrogen) atoms. The van der Waals surface area contributed by atoms with Gasteiger partial charge in [-0.2, -0.15) is 4.98 Å². The Hall–Kier alpha value is -2.47. The lowest BCUT2D eigenvalue weighted by Gasteiger charge is -2.13. The maximum Gasteiger partial charge on any atom is 0.224 e. The van der Waals surface area contributed by atoms with Crippen molar-refractivity contribution in [1.29, 1.82) is 0 Å². The van der Waals surface area contributed by atoms with Crippen LogP contribution in [0.1, 0.15) is 44.9 Å². The Morgan fingerprint density at radius 3 is 2.70 bits per heavy atom. The van der Waals surface area contributed by atoms with Crippen molar-refractivity contribution in [2.24, 2.45) is 0 Å². The van der Waals surface area contributed by atoms with E-state index in [1.54, 1.807) is 6.20 Å². The normalized spacial score (nSPS) is 19.5. The third-order valence-corrected chi connectivity index (χ3v) is 4.66. The summed E-state index contributed by atoms with van der Waals surface area (Å²) in [5.74, 6) is 1.43. The lowest BCUT2D eigenvalue weighted by Crippen LogP contribution is -2.11. The predicted octanol–water partition coefficient (Wildman–Crippen LogP) is 4.02. The van der Waals surface area contributed by atoms with E-state index in [2.05, 4.69) is 37.7 Å². The Morgan fingerprint density at radius 1 is 0.926 bits per heavy atom. The zero-order chi connectivity index (χ0) is 18.7. The molecule has 0 aromatic carbocycles. The first kappa shape index (κ1) is 19.3. The summed E-state index contributed by atoms with van der Waals surface area (Å²) in [5, 5.41) is 16.8. The molecule has 1 aliphatic rings. The van der Waals surface area contributed by atoms with Gasteiger partial charge in [0, 0.05) is 25.5 Å². The highest BCUT2D eigenvalue weighted by atomic mass is 16.3. The van der Waals surface area contributed by atoms with Crippen molar-refractivity contribution in [2.75, 3.05) is 23.7 Å². The topological polar surface area (TPSA) is 83.0 Å². The fourth-order valence-corrected chi connectivity index (χ4v) is 3.14. The van der Waals surface area contributed by atoms with E-state index in [1.165, 1.54) is 0 Å². The minimum atomic E-state index is -0.189. The summed E-state index contributed by atoms with van der Waals surface area (Å²) in [5.41, 5.74) is 1.76. The number of nitrogens with zero attached hydrogens (tertiary/aromatic N) is 3. The number of nitrogens with one attached hydrogen (secondary N) is 2. The van der Waals surface area contributed by atoms with Gasteiger partial charge < -0.3 is 15.7 Å². The first-order valence-corrected chi connectivity index (χ1v) is 9.92. The fraction of sp³-hybridized carbons (Fsp3) is 0.476. The van der Waals surface area contributed by atoms with Crippen molar-refractivity contribution in [3.05, 3.63) is 42.7 Å². The molecule has 6 heteroatoms. The molecule has 144 valence electrons. The average molecular weight is 367 g/mol. The number of hydrogen-bond donors (Lipinski definition) is 3. The van der Waals surface area contributed by atoms with E-state index in [0.29, 0.717) is 5.95 Å². The Morgan fingerprint density at radius 2 is 1.81 bits per heavy atom. The molecular formula is C21H29N5O. The maximum atomic E-state index is 10.1. The van der Waals surface area contributed by atoms with Crippen LogP contribution in [0.25, 0.3) is 11.3 Å². The van der Waals surface area contributed by atoms with Gasteiger partial charge in [-0.25, -0.2) is 4.98 Å². The molecule has 0 aliphatic carbocycles. The summed E-state index contributed by atoms with van der Waals surface area (Å²) in [6.07, 6.45) is 14.5. The Balaban J connectivity index is 1.74. The number of aliphatic hydroxyl groups is 1. The van der Waals surface area contributed by atoms with Gasteiger partial charge in [0.15, 0.2) is 0 Å². The van der Waals surface area contributed by atoms with Crippen LogP contribution in [0.3, 0.4) is 0 Å². The second kappa shape index (κ2) is 10.6. The average Bonchev–Trinajstić information content (AvgIpc) is 2.70. The first-order valence-electron chi connectivity index (χ1n) is 9.92. The molecule has 2 aromatic heterocycles. The molecule has 1 atom stereocenters. The van der Waals surface area contributed by atoms with E-state index >= 15 is 0 Å². The van der Waals surface area contributed by atoms with Crippen molar-refractivity contribution in [2.45, 2.75) is 51.0 Å². The van der Waals surface area contributed by atoms with Gasteiger partial charge in [0.1, 0.15) is 5.82 Å². The molecule has 3 rings (SSSR count). The summed E-state index contributed by atoms with van der Waals surface area (Å²) < 4.78 is 0. The summed E-state index contributed by atoms with van der Waals surface area (Å²) in [6, 6.07) is 5.83. The van der Waals surface area contributed by atoms with E-state index in [-0.39, 0.29) is 6.10 Å². The van der Waals surface area contributed by atoms with Crippen molar-refractivity contribution in [3.8, 4) is 11.3 Å². The zero-order valence-corrected chi connectivity index (χ0v) is 15.8. The van der Waals surface area contributed by atoms with Gasteiger partial charge in [0.25, 0.3) is 0 Å².